The zero-order valence-corrected chi connectivity index (χ0v) is 13.0. The number of nitrogens with zero attached hydrogens (tertiary/aromatic N) is 1. The average Bonchev–Trinajstić information content (AvgIpc) is 2.49. The molecule has 5 heteroatoms. The van der Waals surface area contributed by atoms with Gasteiger partial charge in [-0.2, -0.15) is 0 Å². The maximum atomic E-state index is 12.4. The van der Waals surface area contributed by atoms with E-state index in [9.17, 15) is 14.7 Å². The Labute approximate surface area is 127 Å². The lowest BCUT2D eigenvalue weighted by atomic mass is 9.78. The molecule has 2 fully saturated rings. The molecule has 2 rings (SSSR count). The molecule has 1 amide bonds. The van der Waals surface area contributed by atoms with Gasteiger partial charge in [-0.1, -0.05) is 19.8 Å². The molecular weight excluding hydrogens is 268 g/mol. The number of carboxylic acids is 1. The molecule has 0 unspecified atom stereocenters. The van der Waals surface area contributed by atoms with Gasteiger partial charge in [0, 0.05) is 19.1 Å². The molecule has 0 radical (unpaired) electrons. The fourth-order valence-corrected chi connectivity index (χ4v) is 3.67. The Bertz CT molecular complexity index is 365. The standard InChI is InChI=1S/C16H28N2O3/c1-2-9-18-10-7-12(8-11-18)17-15(19)13-5-3-4-6-14(13)16(20)21/h12-14H,2-11H2,1H3,(H,17,19)(H,20,21)/t13-,14-/m1/s1. The van der Waals surface area contributed by atoms with E-state index in [0.29, 0.717) is 6.42 Å². The second-order valence-corrected chi connectivity index (χ2v) is 6.46. The van der Waals surface area contributed by atoms with Gasteiger partial charge in [0.25, 0.3) is 0 Å². The second kappa shape index (κ2) is 7.78. The molecule has 0 aromatic rings. The summed E-state index contributed by atoms with van der Waals surface area (Å²) in [7, 11) is 0. The Morgan fingerprint density at radius 2 is 1.71 bits per heavy atom. The highest BCUT2D eigenvalue weighted by Crippen LogP contribution is 2.30. The molecule has 0 spiro atoms. The van der Waals surface area contributed by atoms with Gasteiger partial charge in [0.1, 0.15) is 0 Å². The first kappa shape index (κ1) is 16.3. The zero-order chi connectivity index (χ0) is 15.2. The lowest BCUT2D eigenvalue weighted by Gasteiger charge is -2.34. The van der Waals surface area contributed by atoms with E-state index in [1.165, 1.54) is 6.42 Å². The number of rotatable bonds is 5. The van der Waals surface area contributed by atoms with Crippen LogP contribution in [0.15, 0.2) is 0 Å². The van der Waals surface area contributed by atoms with Crippen molar-refractivity contribution >= 4 is 11.9 Å². The van der Waals surface area contributed by atoms with Crippen LogP contribution in [0.4, 0.5) is 0 Å². The Hall–Kier alpha value is -1.10. The minimum Gasteiger partial charge on any atom is -0.481 e. The highest BCUT2D eigenvalue weighted by molar-refractivity contribution is 5.85. The lowest BCUT2D eigenvalue weighted by molar-refractivity contribution is -0.149. The summed E-state index contributed by atoms with van der Waals surface area (Å²) in [4.78, 5) is 26.1. The maximum absolute atomic E-state index is 12.4. The number of likely N-dealkylation sites (tertiary alicyclic amines) is 1. The quantitative estimate of drug-likeness (QED) is 0.812. The Morgan fingerprint density at radius 1 is 1.10 bits per heavy atom. The summed E-state index contributed by atoms with van der Waals surface area (Å²) in [6.07, 6.45) is 6.39. The number of amides is 1. The van der Waals surface area contributed by atoms with E-state index < -0.39 is 11.9 Å². The maximum Gasteiger partial charge on any atom is 0.307 e. The third-order valence-electron chi connectivity index (χ3n) is 4.89. The Morgan fingerprint density at radius 3 is 2.29 bits per heavy atom. The molecule has 1 saturated carbocycles. The van der Waals surface area contributed by atoms with Gasteiger partial charge in [-0.25, -0.2) is 0 Å². The minimum absolute atomic E-state index is 0.0314. The van der Waals surface area contributed by atoms with Crippen LogP contribution in [0.5, 0.6) is 0 Å². The molecule has 5 nitrogen and oxygen atoms in total. The van der Waals surface area contributed by atoms with Crippen molar-refractivity contribution in [2.24, 2.45) is 11.8 Å². The summed E-state index contributed by atoms with van der Waals surface area (Å²) < 4.78 is 0. The highest BCUT2D eigenvalue weighted by atomic mass is 16.4. The third-order valence-corrected chi connectivity index (χ3v) is 4.89. The molecule has 1 heterocycles. The molecular formula is C16H28N2O3. The largest absolute Gasteiger partial charge is 0.481 e. The van der Waals surface area contributed by atoms with Crippen molar-refractivity contribution < 1.29 is 14.7 Å². The van der Waals surface area contributed by atoms with Crippen LogP contribution in [0.25, 0.3) is 0 Å². The first-order chi connectivity index (χ1) is 10.1. The molecule has 0 bridgehead atoms. The number of aliphatic carboxylic acids is 1. The van der Waals surface area contributed by atoms with E-state index in [0.717, 1.165) is 51.7 Å². The highest BCUT2D eigenvalue weighted by Gasteiger charge is 2.36. The summed E-state index contributed by atoms with van der Waals surface area (Å²) >= 11 is 0. The molecule has 120 valence electrons. The Kier molecular flexibility index (Phi) is 6.03. The molecule has 21 heavy (non-hydrogen) atoms. The lowest BCUT2D eigenvalue weighted by Crippen LogP contribution is -2.48. The van der Waals surface area contributed by atoms with E-state index in [1.807, 2.05) is 0 Å². The van der Waals surface area contributed by atoms with Gasteiger partial charge in [-0.15, -0.1) is 0 Å². The van der Waals surface area contributed by atoms with Crippen LogP contribution in [0, 0.1) is 11.8 Å². The molecule has 2 atom stereocenters. The molecule has 1 aliphatic carbocycles. The fraction of sp³-hybridized carbons (Fsp3) is 0.875. The molecule has 2 aliphatic rings. The van der Waals surface area contributed by atoms with Crippen LogP contribution in [-0.4, -0.2) is 47.6 Å². The van der Waals surface area contributed by atoms with Crippen molar-refractivity contribution in [2.45, 2.75) is 57.9 Å². The van der Waals surface area contributed by atoms with Gasteiger partial charge in [0.05, 0.1) is 11.8 Å². The van der Waals surface area contributed by atoms with Crippen molar-refractivity contribution in [3.63, 3.8) is 0 Å². The molecule has 0 aromatic carbocycles. The predicted molar refractivity (Wildman–Crippen MR) is 81.0 cm³/mol. The fourth-order valence-electron chi connectivity index (χ4n) is 3.67. The van der Waals surface area contributed by atoms with Crippen LogP contribution in [0.1, 0.15) is 51.9 Å². The van der Waals surface area contributed by atoms with E-state index in [4.69, 9.17) is 0 Å². The summed E-state index contributed by atoms with van der Waals surface area (Å²) in [5.41, 5.74) is 0. The number of nitrogens with one attached hydrogen (secondary N) is 1. The van der Waals surface area contributed by atoms with Crippen molar-refractivity contribution in [3.8, 4) is 0 Å². The number of carbonyl (C=O) groups is 2. The smallest absolute Gasteiger partial charge is 0.307 e. The van der Waals surface area contributed by atoms with Crippen LogP contribution < -0.4 is 5.32 Å². The number of carboxylic acid groups (broad SMARTS) is 1. The van der Waals surface area contributed by atoms with Crippen molar-refractivity contribution in [1.29, 1.82) is 0 Å². The van der Waals surface area contributed by atoms with Crippen LogP contribution in [0.2, 0.25) is 0 Å². The second-order valence-electron chi connectivity index (χ2n) is 6.46. The molecule has 0 aromatic heterocycles. The van der Waals surface area contributed by atoms with E-state index in [-0.39, 0.29) is 17.9 Å². The first-order valence-corrected chi connectivity index (χ1v) is 8.37. The summed E-state index contributed by atoms with van der Waals surface area (Å²) in [6.45, 7) is 5.38. The monoisotopic (exact) mass is 296 g/mol. The molecule has 1 saturated heterocycles. The van der Waals surface area contributed by atoms with Crippen molar-refractivity contribution in [1.82, 2.24) is 10.2 Å². The van der Waals surface area contributed by atoms with Gasteiger partial charge in [0.15, 0.2) is 0 Å². The number of carbonyl (C=O) groups excluding carboxylic acids is 1. The van der Waals surface area contributed by atoms with Gasteiger partial charge >= 0.3 is 5.97 Å². The number of hydrogen-bond donors (Lipinski definition) is 2. The van der Waals surface area contributed by atoms with Gasteiger partial charge in [-0.05, 0) is 38.6 Å². The topological polar surface area (TPSA) is 69.6 Å². The normalized spacial score (nSPS) is 28.2. The zero-order valence-electron chi connectivity index (χ0n) is 13.0. The average molecular weight is 296 g/mol. The number of piperidine rings is 1. The summed E-state index contributed by atoms with van der Waals surface area (Å²) in [5, 5.41) is 12.4. The molecule has 1 aliphatic heterocycles. The van der Waals surface area contributed by atoms with E-state index in [2.05, 4.69) is 17.1 Å². The van der Waals surface area contributed by atoms with Crippen molar-refractivity contribution in [2.75, 3.05) is 19.6 Å². The van der Waals surface area contributed by atoms with Gasteiger partial charge < -0.3 is 15.3 Å². The Balaban J connectivity index is 1.82. The van der Waals surface area contributed by atoms with Gasteiger partial charge in [-0.3, -0.25) is 9.59 Å². The first-order valence-electron chi connectivity index (χ1n) is 8.37. The summed E-state index contributed by atoms with van der Waals surface area (Å²) in [6, 6.07) is 0.224. The SMILES string of the molecule is CCCN1CCC(NC(=O)[C@@H]2CCCC[C@H]2C(=O)O)CC1. The molecule has 2 N–H and O–H groups in total. The number of hydrogen-bond acceptors (Lipinski definition) is 3. The van der Waals surface area contributed by atoms with E-state index in [1.54, 1.807) is 0 Å². The van der Waals surface area contributed by atoms with E-state index >= 15 is 0 Å². The van der Waals surface area contributed by atoms with Crippen LogP contribution in [0.3, 0.4) is 0 Å². The minimum atomic E-state index is -0.812. The van der Waals surface area contributed by atoms with Gasteiger partial charge in [0.2, 0.25) is 5.91 Å². The predicted octanol–water partition coefficient (Wildman–Crippen LogP) is 1.87. The van der Waals surface area contributed by atoms with Crippen LogP contribution >= 0.6 is 0 Å². The van der Waals surface area contributed by atoms with Crippen LogP contribution in [-0.2, 0) is 9.59 Å². The van der Waals surface area contributed by atoms with Crippen molar-refractivity contribution in [3.05, 3.63) is 0 Å². The third kappa shape index (κ3) is 4.43. The summed E-state index contributed by atoms with van der Waals surface area (Å²) in [5.74, 6) is -1.66.